The lowest BCUT2D eigenvalue weighted by atomic mass is 9.73. The predicted octanol–water partition coefficient (Wildman–Crippen LogP) is 14.8. The van der Waals surface area contributed by atoms with Crippen LogP contribution in [-0.4, -0.2) is 0 Å². The Balaban J connectivity index is 1.31. The van der Waals surface area contributed by atoms with Gasteiger partial charge in [0.05, 0.1) is 0 Å². The van der Waals surface area contributed by atoms with Crippen LogP contribution >= 0.6 is 0 Å². The van der Waals surface area contributed by atoms with Crippen LogP contribution in [0.2, 0.25) is 0 Å². The fraction of sp³-hybridized carbons (Fsp3) is 0.111. The Labute approximate surface area is 317 Å². The van der Waals surface area contributed by atoms with Crippen LogP contribution in [0.15, 0.2) is 170 Å². The van der Waals surface area contributed by atoms with E-state index in [0.717, 1.165) is 0 Å². The molecule has 0 heteroatoms. The summed E-state index contributed by atoms with van der Waals surface area (Å²) in [6, 6.07) is 63.7. The van der Waals surface area contributed by atoms with Crippen molar-refractivity contribution in [3.63, 3.8) is 0 Å². The van der Waals surface area contributed by atoms with Gasteiger partial charge in [0.2, 0.25) is 0 Å². The van der Waals surface area contributed by atoms with Crippen LogP contribution in [0.25, 0.3) is 88.0 Å². The van der Waals surface area contributed by atoms with Gasteiger partial charge in [0.1, 0.15) is 0 Å². The van der Waals surface area contributed by atoms with Crippen LogP contribution in [0.1, 0.15) is 49.9 Å². The molecule has 0 aliphatic heterocycles. The van der Waals surface area contributed by atoms with Crippen molar-refractivity contribution in [2.24, 2.45) is 0 Å². The number of benzene rings is 9. The predicted molar refractivity (Wildman–Crippen MR) is 230 cm³/mol. The van der Waals surface area contributed by atoms with E-state index in [4.69, 9.17) is 0 Å². The molecular weight excluding hydrogens is 649 g/mol. The van der Waals surface area contributed by atoms with Crippen molar-refractivity contribution in [2.45, 2.75) is 38.5 Å². The van der Waals surface area contributed by atoms with E-state index in [1.54, 1.807) is 0 Å². The third kappa shape index (κ3) is 4.09. The quantitative estimate of drug-likeness (QED) is 0.162. The molecule has 0 atom stereocenters. The van der Waals surface area contributed by atoms with Crippen molar-refractivity contribution in [2.75, 3.05) is 0 Å². The van der Waals surface area contributed by atoms with Crippen LogP contribution in [-0.2, 0) is 10.8 Å². The maximum absolute atomic E-state index is 2.56. The molecule has 0 spiro atoms. The Bertz CT molecular complexity index is 2970. The van der Waals surface area contributed by atoms with E-state index in [0.29, 0.717) is 0 Å². The van der Waals surface area contributed by atoms with Gasteiger partial charge < -0.3 is 0 Å². The zero-order valence-corrected chi connectivity index (χ0v) is 31.2. The lowest BCUT2D eigenvalue weighted by Crippen LogP contribution is -2.18. The summed E-state index contributed by atoms with van der Waals surface area (Å²) in [5.74, 6) is 0. The van der Waals surface area contributed by atoms with Crippen LogP contribution in [0.5, 0.6) is 0 Å². The van der Waals surface area contributed by atoms with E-state index in [1.807, 2.05) is 0 Å². The highest BCUT2D eigenvalue weighted by Crippen LogP contribution is 2.62. The Morgan fingerprint density at radius 2 is 0.741 bits per heavy atom. The number of hydrogen-bond donors (Lipinski definition) is 0. The maximum atomic E-state index is 2.56. The number of fused-ring (bicyclic) bond motifs is 9. The molecule has 0 nitrogen and oxygen atoms in total. The normalized spacial score (nSPS) is 14.6. The Hall–Kier alpha value is -6.24. The summed E-state index contributed by atoms with van der Waals surface area (Å²) < 4.78 is 0. The van der Waals surface area contributed by atoms with E-state index >= 15 is 0 Å². The SMILES string of the molecule is CC1(C)c2ccccc2-c2c1cc1c(c2-c2c3ccccc3c(-c3ccc(-c4ccccc4)c4ccccc34)c3ccccc23)C(C)(C)c2ccccc2-1. The standard InChI is InChI=1S/C54H40/c1-53(2)46-29-17-15-27-43(46)50-47(53)32-44-37-22-14-16-28-45(37)54(3,4)52(44)51(50)49-40-25-12-10-23-38(40)48(39-24-11-13-26-41(39)49)42-31-30-34(33-18-6-5-7-19-33)35-20-8-9-21-36(35)42/h5-32H,1-4H3. The summed E-state index contributed by atoms with van der Waals surface area (Å²) in [4.78, 5) is 0. The lowest BCUT2D eigenvalue weighted by Gasteiger charge is -2.30. The van der Waals surface area contributed by atoms with Crippen LogP contribution in [0, 0.1) is 0 Å². The minimum atomic E-state index is -0.192. The van der Waals surface area contributed by atoms with Gasteiger partial charge in [-0.2, -0.15) is 0 Å². The van der Waals surface area contributed by atoms with Gasteiger partial charge in [0.15, 0.2) is 0 Å². The van der Waals surface area contributed by atoms with Crippen molar-refractivity contribution < 1.29 is 0 Å². The van der Waals surface area contributed by atoms with Crippen LogP contribution in [0.3, 0.4) is 0 Å². The average Bonchev–Trinajstić information content (AvgIpc) is 3.59. The Morgan fingerprint density at radius 1 is 0.278 bits per heavy atom. The molecule has 0 saturated carbocycles. The molecule has 54 heavy (non-hydrogen) atoms. The molecule has 0 fully saturated rings. The largest absolute Gasteiger partial charge is 0.0622 e. The third-order valence-electron chi connectivity index (χ3n) is 12.8. The summed E-state index contributed by atoms with van der Waals surface area (Å²) in [5, 5.41) is 7.72. The zero-order valence-electron chi connectivity index (χ0n) is 31.2. The van der Waals surface area contributed by atoms with Crippen molar-refractivity contribution in [3.8, 4) is 55.6 Å². The first-order valence-corrected chi connectivity index (χ1v) is 19.3. The van der Waals surface area contributed by atoms with Gasteiger partial charge in [-0.3, -0.25) is 0 Å². The van der Waals surface area contributed by atoms with Gasteiger partial charge in [-0.25, -0.2) is 0 Å². The fourth-order valence-corrected chi connectivity index (χ4v) is 10.4. The maximum Gasteiger partial charge on any atom is 0.0165 e. The summed E-state index contributed by atoms with van der Waals surface area (Å²) in [6.45, 7) is 9.73. The molecule has 9 aromatic rings. The molecule has 0 unspecified atom stereocenters. The molecule has 2 aliphatic rings. The van der Waals surface area contributed by atoms with E-state index in [1.165, 1.54) is 110 Å². The molecule has 0 bridgehead atoms. The van der Waals surface area contributed by atoms with Gasteiger partial charge in [-0.05, 0) is 116 Å². The van der Waals surface area contributed by atoms with E-state index in [-0.39, 0.29) is 10.8 Å². The minimum Gasteiger partial charge on any atom is -0.0622 e. The van der Waals surface area contributed by atoms with Crippen molar-refractivity contribution in [1.29, 1.82) is 0 Å². The molecule has 0 N–H and O–H groups in total. The van der Waals surface area contributed by atoms with Crippen molar-refractivity contribution >= 4 is 32.3 Å². The molecule has 0 amide bonds. The van der Waals surface area contributed by atoms with Crippen molar-refractivity contribution in [3.05, 3.63) is 192 Å². The highest BCUT2D eigenvalue weighted by atomic mass is 14.5. The monoisotopic (exact) mass is 688 g/mol. The minimum absolute atomic E-state index is 0.137. The lowest BCUT2D eigenvalue weighted by molar-refractivity contribution is 0.653. The van der Waals surface area contributed by atoms with Gasteiger partial charge in [0, 0.05) is 10.8 Å². The molecule has 11 rings (SSSR count). The van der Waals surface area contributed by atoms with Gasteiger partial charge in [-0.15, -0.1) is 0 Å². The first-order valence-electron chi connectivity index (χ1n) is 19.3. The molecule has 9 aromatic carbocycles. The molecular formula is C54H40. The van der Waals surface area contributed by atoms with Crippen LogP contribution in [0.4, 0.5) is 0 Å². The van der Waals surface area contributed by atoms with Gasteiger partial charge in [0.25, 0.3) is 0 Å². The molecule has 256 valence electrons. The second kappa shape index (κ2) is 11.1. The smallest absolute Gasteiger partial charge is 0.0165 e. The molecule has 0 aromatic heterocycles. The van der Waals surface area contributed by atoms with Crippen LogP contribution < -0.4 is 0 Å². The fourth-order valence-electron chi connectivity index (χ4n) is 10.4. The van der Waals surface area contributed by atoms with E-state index in [2.05, 4.69) is 198 Å². The second-order valence-electron chi connectivity index (χ2n) is 16.4. The molecule has 2 aliphatic carbocycles. The number of hydrogen-bond acceptors (Lipinski definition) is 0. The molecule has 0 heterocycles. The first kappa shape index (κ1) is 31.3. The Kier molecular flexibility index (Phi) is 6.46. The van der Waals surface area contributed by atoms with E-state index in [9.17, 15) is 0 Å². The topological polar surface area (TPSA) is 0 Å². The first-order chi connectivity index (χ1) is 26.4. The van der Waals surface area contributed by atoms with Gasteiger partial charge in [-0.1, -0.05) is 191 Å². The molecule has 0 radical (unpaired) electrons. The summed E-state index contributed by atoms with van der Waals surface area (Å²) in [5.41, 5.74) is 18.7. The Morgan fingerprint density at radius 3 is 1.37 bits per heavy atom. The third-order valence-corrected chi connectivity index (χ3v) is 12.8. The second-order valence-corrected chi connectivity index (χ2v) is 16.4. The summed E-state index contributed by atoms with van der Waals surface area (Å²) in [6.07, 6.45) is 0. The van der Waals surface area contributed by atoms with Gasteiger partial charge >= 0.3 is 0 Å². The summed E-state index contributed by atoms with van der Waals surface area (Å²) >= 11 is 0. The highest BCUT2D eigenvalue weighted by molar-refractivity contribution is 6.26. The van der Waals surface area contributed by atoms with E-state index < -0.39 is 0 Å². The summed E-state index contributed by atoms with van der Waals surface area (Å²) in [7, 11) is 0. The number of rotatable bonds is 3. The molecule has 0 saturated heterocycles. The zero-order chi connectivity index (χ0) is 36.3. The average molecular weight is 689 g/mol. The van der Waals surface area contributed by atoms with Crippen molar-refractivity contribution in [1.82, 2.24) is 0 Å². The highest BCUT2D eigenvalue weighted by Gasteiger charge is 2.45.